The van der Waals surface area contributed by atoms with Gasteiger partial charge in [0.2, 0.25) is 0 Å². The summed E-state index contributed by atoms with van der Waals surface area (Å²) in [7, 11) is 0. The van der Waals surface area contributed by atoms with Gasteiger partial charge in [-0.25, -0.2) is 0 Å². The van der Waals surface area contributed by atoms with E-state index in [1.54, 1.807) is 0 Å². The Balaban J connectivity index is 4.50. The molecule has 0 saturated carbocycles. The molecule has 382 valence electrons. The highest BCUT2D eigenvalue weighted by atomic mass is 16.6. The zero-order valence-corrected chi connectivity index (χ0v) is 43.5. The van der Waals surface area contributed by atoms with E-state index in [4.69, 9.17) is 14.2 Å². The maximum Gasteiger partial charge on any atom is 0.306 e. The van der Waals surface area contributed by atoms with Gasteiger partial charge in [-0.15, -0.1) is 0 Å². The highest BCUT2D eigenvalue weighted by Gasteiger charge is 2.19. The van der Waals surface area contributed by atoms with Gasteiger partial charge in [0.25, 0.3) is 0 Å². The third-order valence-electron chi connectivity index (χ3n) is 10.2. The van der Waals surface area contributed by atoms with E-state index in [9.17, 15) is 14.4 Å². The Hall–Kier alpha value is -5.23. The van der Waals surface area contributed by atoms with Gasteiger partial charge in [0.05, 0.1) is 0 Å². The number of hydrogen-bond acceptors (Lipinski definition) is 6. The Kier molecular flexibility index (Phi) is 51.2. The minimum absolute atomic E-state index is 0.146. The first-order valence-corrected chi connectivity index (χ1v) is 26.6. The van der Waals surface area contributed by atoms with Crippen LogP contribution in [0.15, 0.2) is 170 Å². The monoisotopic (exact) mass is 947 g/mol. The first-order chi connectivity index (χ1) is 34.0. The van der Waals surface area contributed by atoms with Gasteiger partial charge in [-0.05, 0) is 122 Å². The topological polar surface area (TPSA) is 78.9 Å². The fourth-order valence-electron chi connectivity index (χ4n) is 6.35. The van der Waals surface area contributed by atoms with Crippen molar-refractivity contribution in [3.63, 3.8) is 0 Å². The Labute approximate surface area is 422 Å². The molecule has 0 rings (SSSR count). The molecule has 0 fully saturated rings. The number of rotatable bonds is 45. The van der Waals surface area contributed by atoms with E-state index < -0.39 is 12.1 Å². The van der Waals surface area contributed by atoms with E-state index in [-0.39, 0.29) is 38.0 Å². The number of carbonyl (C=O) groups is 3. The molecule has 6 nitrogen and oxygen atoms in total. The van der Waals surface area contributed by atoms with Crippen LogP contribution in [0.2, 0.25) is 0 Å². The molecule has 0 aromatic heterocycles. The largest absolute Gasteiger partial charge is 0.462 e. The molecule has 0 aromatic carbocycles. The van der Waals surface area contributed by atoms with Crippen LogP contribution in [-0.2, 0) is 28.6 Å². The molecule has 0 aliphatic heterocycles. The zero-order valence-electron chi connectivity index (χ0n) is 43.5. The van der Waals surface area contributed by atoms with E-state index >= 15 is 0 Å². The summed E-state index contributed by atoms with van der Waals surface area (Å²) in [5.74, 6) is -1.14. The van der Waals surface area contributed by atoms with E-state index in [0.29, 0.717) is 19.3 Å². The summed E-state index contributed by atoms with van der Waals surface area (Å²) >= 11 is 0. The maximum atomic E-state index is 12.8. The fourth-order valence-corrected chi connectivity index (χ4v) is 6.35. The lowest BCUT2D eigenvalue weighted by atomic mass is 10.1. The SMILES string of the molecule is CC/C=C\C/C=C\C/C=C\C/C=C\C/C=C\C/C=C\CCCCCCCCC(=O)OCC(COC(=O)CC/C=C\C/C=C\C/C=C\C/C=C\CC)OC(=O)CC/C=C\C/C=C\C/C=C\C/C=C\CC. The van der Waals surface area contributed by atoms with Crippen molar-refractivity contribution in [3.05, 3.63) is 170 Å². The van der Waals surface area contributed by atoms with E-state index in [1.807, 2.05) is 24.3 Å². The lowest BCUT2D eigenvalue weighted by Crippen LogP contribution is -2.30. The molecule has 0 bridgehead atoms. The average molecular weight is 947 g/mol. The van der Waals surface area contributed by atoms with Crippen LogP contribution in [0.1, 0.15) is 188 Å². The predicted octanol–water partition coefficient (Wildman–Crippen LogP) is 18.0. The lowest BCUT2D eigenvalue weighted by Gasteiger charge is -2.18. The van der Waals surface area contributed by atoms with Crippen molar-refractivity contribution in [3.8, 4) is 0 Å². The van der Waals surface area contributed by atoms with Crippen molar-refractivity contribution in [2.24, 2.45) is 0 Å². The van der Waals surface area contributed by atoms with Crippen molar-refractivity contribution in [1.29, 1.82) is 0 Å². The molecular weight excluding hydrogens is 853 g/mol. The molecule has 0 aromatic rings. The summed E-state index contributed by atoms with van der Waals surface area (Å²) in [5.41, 5.74) is 0. The first kappa shape index (κ1) is 63.8. The van der Waals surface area contributed by atoms with Crippen LogP contribution in [0, 0.1) is 0 Å². The average Bonchev–Trinajstić information content (AvgIpc) is 3.35. The molecule has 0 aliphatic carbocycles. The summed E-state index contributed by atoms with van der Waals surface area (Å²) in [5, 5.41) is 0. The molecule has 69 heavy (non-hydrogen) atoms. The minimum atomic E-state index is -0.860. The third kappa shape index (κ3) is 53.6. The summed E-state index contributed by atoms with van der Waals surface area (Å²) in [6.45, 7) is 6.12. The molecule has 0 aliphatic rings. The molecule has 0 N–H and O–H groups in total. The van der Waals surface area contributed by atoms with Crippen LogP contribution < -0.4 is 0 Å². The number of hydrogen-bond donors (Lipinski definition) is 0. The van der Waals surface area contributed by atoms with Gasteiger partial charge in [-0.3, -0.25) is 14.4 Å². The van der Waals surface area contributed by atoms with Crippen LogP contribution in [0.3, 0.4) is 0 Å². The second-order valence-electron chi connectivity index (χ2n) is 16.6. The Morgan fingerprint density at radius 2 is 0.551 bits per heavy atom. The summed E-state index contributed by atoms with van der Waals surface area (Å²) in [4.78, 5) is 37.9. The van der Waals surface area contributed by atoms with Gasteiger partial charge >= 0.3 is 17.9 Å². The smallest absolute Gasteiger partial charge is 0.306 e. The Morgan fingerprint density at radius 1 is 0.290 bits per heavy atom. The number of ether oxygens (including phenoxy) is 3. The molecule has 0 saturated heterocycles. The van der Waals surface area contributed by atoms with Gasteiger partial charge < -0.3 is 14.2 Å². The standard InChI is InChI=1S/C63H94O6/c1-4-7-10-13-16-19-22-25-26-27-28-29-30-31-32-33-34-35-36-39-41-44-47-50-53-56-62(65)68-59-60(69-63(66)57-54-51-48-45-42-38-24-21-18-15-12-9-6-3)58-67-61(64)55-52-49-46-43-40-37-23-20-17-14-11-8-5-2/h7-12,16-21,25-26,28-29,31-32,34-35,37-38,40,42,46,48-49,51,60H,4-6,13-15,22-24,27,30,33,36,39,41,43-45,47,50,52-59H2,1-3H3/b10-7-,11-8-,12-9-,19-16-,20-17-,21-18-,26-25-,29-28-,32-31-,35-34-,40-37-,42-38-,49-46-,51-48-. The van der Waals surface area contributed by atoms with Crippen molar-refractivity contribution in [1.82, 2.24) is 0 Å². The third-order valence-corrected chi connectivity index (χ3v) is 10.2. The van der Waals surface area contributed by atoms with Crippen LogP contribution in [0.5, 0.6) is 0 Å². The van der Waals surface area contributed by atoms with E-state index in [2.05, 4.69) is 167 Å². The number of esters is 3. The Morgan fingerprint density at radius 3 is 0.899 bits per heavy atom. The Bertz CT molecular complexity index is 1650. The van der Waals surface area contributed by atoms with Gasteiger partial charge in [-0.2, -0.15) is 0 Å². The van der Waals surface area contributed by atoms with Gasteiger partial charge in [0.1, 0.15) is 13.2 Å². The summed E-state index contributed by atoms with van der Waals surface area (Å²) < 4.78 is 16.6. The molecule has 0 heterocycles. The maximum absolute atomic E-state index is 12.8. The van der Waals surface area contributed by atoms with Crippen LogP contribution in [-0.4, -0.2) is 37.2 Å². The van der Waals surface area contributed by atoms with Crippen molar-refractivity contribution in [2.75, 3.05) is 13.2 Å². The van der Waals surface area contributed by atoms with Crippen LogP contribution >= 0.6 is 0 Å². The van der Waals surface area contributed by atoms with Crippen LogP contribution in [0.25, 0.3) is 0 Å². The van der Waals surface area contributed by atoms with Crippen molar-refractivity contribution in [2.45, 2.75) is 194 Å². The van der Waals surface area contributed by atoms with E-state index in [1.165, 1.54) is 12.8 Å². The number of allylic oxidation sites excluding steroid dienone is 28. The quantitative estimate of drug-likeness (QED) is 0.0262. The molecule has 0 spiro atoms. The first-order valence-electron chi connectivity index (χ1n) is 26.6. The molecule has 0 amide bonds. The second kappa shape index (κ2) is 55.4. The zero-order chi connectivity index (χ0) is 50.0. The van der Waals surface area contributed by atoms with Gasteiger partial charge in [-0.1, -0.05) is 217 Å². The number of carbonyl (C=O) groups excluding carboxylic acids is 3. The normalized spacial score (nSPS) is 13.5. The molecule has 1 atom stereocenters. The highest BCUT2D eigenvalue weighted by Crippen LogP contribution is 2.11. The van der Waals surface area contributed by atoms with Crippen molar-refractivity contribution >= 4 is 17.9 Å². The second-order valence-corrected chi connectivity index (χ2v) is 16.6. The van der Waals surface area contributed by atoms with Crippen LogP contribution in [0.4, 0.5) is 0 Å². The highest BCUT2D eigenvalue weighted by molar-refractivity contribution is 5.71. The number of unbranched alkanes of at least 4 members (excludes halogenated alkanes) is 6. The van der Waals surface area contributed by atoms with E-state index in [0.717, 1.165) is 122 Å². The van der Waals surface area contributed by atoms with Gasteiger partial charge in [0, 0.05) is 19.3 Å². The molecule has 1 unspecified atom stereocenters. The lowest BCUT2D eigenvalue weighted by molar-refractivity contribution is -0.166. The fraction of sp³-hybridized carbons (Fsp3) is 0.508. The van der Waals surface area contributed by atoms with Crippen molar-refractivity contribution < 1.29 is 28.6 Å². The summed E-state index contributed by atoms with van der Waals surface area (Å²) in [6, 6.07) is 0. The molecule has 0 radical (unpaired) electrons. The summed E-state index contributed by atoms with van der Waals surface area (Å²) in [6.07, 6.45) is 82.3. The molecule has 6 heteroatoms. The predicted molar refractivity (Wildman–Crippen MR) is 297 cm³/mol. The van der Waals surface area contributed by atoms with Gasteiger partial charge in [0.15, 0.2) is 6.10 Å². The molecular formula is C63H94O6. The minimum Gasteiger partial charge on any atom is -0.462 e.